The molecule has 0 aliphatic heterocycles. The summed E-state index contributed by atoms with van der Waals surface area (Å²) < 4.78 is 2.48. The molecule has 1 aromatic heterocycles. The van der Waals surface area contributed by atoms with E-state index in [0.717, 1.165) is 0 Å². The van der Waals surface area contributed by atoms with Crippen LogP contribution in [0.2, 0.25) is 0 Å². The van der Waals surface area contributed by atoms with Crippen molar-refractivity contribution in [3.63, 3.8) is 0 Å². The molecule has 1 nitrogen and oxygen atoms in total. The van der Waals surface area contributed by atoms with Gasteiger partial charge in [-0.25, -0.2) is 0 Å². The van der Waals surface area contributed by atoms with Crippen LogP contribution < -0.4 is 0 Å². The van der Waals surface area contributed by atoms with E-state index in [2.05, 4.69) is 134 Å². The lowest BCUT2D eigenvalue weighted by Gasteiger charge is -2.24. The Kier molecular flexibility index (Phi) is 3.79. The van der Waals surface area contributed by atoms with Crippen LogP contribution in [0.25, 0.3) is 60.2 Å². The molecule has 8 rings (SSSR count). The molecular formula is C35H25N. The Bertz CT molecular complexity index is 2010. The van der Waals surface area contributed by atoms with E-state index >= 15 is 0 Å². The van der Waals surface area contributed by atoms with Crippen LogP contribution in [0.3, 0.4) is 0 Å². The van der Waals surface area contributed by atoms with Gasteiger partial charge in [-0.15, -0.1) is 0 Å². The molecule has 0 unspecified atom stereocenters. The number of nitrogens with zero attached hydrogens (tertiary/aromatic N) is 1. The fourth-order valence-electron chi connectivity index (χ4n) is 6.89. The summed E-state index contributed by atoms with van der Waals surface area (Å²) in [6.07, 6.45) is 0. The van der Waals surface area contributed by atoms with Crippen LogP contribution in [0.15, 0.2) is 115 Å². The molecule has 1 aliphatic rings. The van der Waals surface area contributed by atoms with E-state index in [4.69, 9.17) is 0 Å². The SMILES string of the molecule is CC1(C)c2c(ccc3ccccc23)-c2ccc3c(c21)c1ccccc1n3-c1cccc2ccccc12. The Morgan fingerprint density at radius 1 is 0.472 bits per heavy atom. The Morgan fingerprint density at radius 3 is 1.92 bits per heavy atom. The molecule has 0 bridgehead atoms. The van der Waals surface area contributed by atoms with Gasteiger partial charge >= 0.3 is 0 Å². The molecule has 1 aliphatic carbocycles. The number of hydrogen-bond donors (Lipinski definition) is 0. The second-order valence-electron chi connectivity index (χ2n) is 10.6. The van der Waals surface area contributed by atoms with Gasteiger partial charge in [0.25, 0.3) is 0 Å². The topological polar surface area (TPSA) is 4.93 Å². The maximum absolute atomic E-state index is 2.48. The lowest BCUT2D eigenvalue weighted by atomic mass is 9.78. The molecule has 0 amide bonds. The van der Waals surface area contributed by atoms with E-state index in [1.54, 1.807) is 0 Å². The van der Waals surface area contributed by atoms with Crippen molar-refractivity contribution in [1.82, 2.24) is 4.57 Å². The van der Waals surface area contributed by atoms with Gasteiger partial charge < -0.3 is 4.57 Å². The third-order valence-corrected chi connectivity index (χ3v) is 8.32. The molecule has 1 heteroatoms. The van der Waals surface area contributed by atoms with Crippen molar-refractivity contribution in [3.05, 3.63) is 126 Å². The van der Waals surface area contributed by atoms with Crippen LogP contribution in [0.1, 0.15) is 25.0 Å². The maximum atomic E-state index is 2.48. The van der Waals surface area contributed by atoms with E-state index in [1.807, 2.05) is 0 Å². The molecule has 6 aromatic carbocycles. The van der Waals surface area contributed by atoms with Crippen molar-refractivity contribution in [1.29, 1.82) is 0 Å². The summed E-state index contributed by atoms with van der Waals surface area (Å²) in [6.45, 7) is 4.82. The minimum atomic E-state index is -0.112. The van der Waals surface area contributed by atoms with Gasteiger partial charge in [0.1, 0.15) is 0 Å². The predicted octanol–water partition coefficient (Wildman–Crippen LogP) is 9.40. The molecule has 0 saturated heterocycles. The summed E-state index contributed by atoms with van der Waals surface area (Å²) in [5.74, 6) is 0. The zero-order valence-electron chi connectivity index (χ0n) is 20.4. The first kappa shape index (κ1) is 19.9. The van der Waals surface area contributed by atoms with E-state index in [-0.39, 0.29) is 5.41 Å². The Labute approximate surface area is 210 Å². The van der Waals surface area contributed by atoms with Crippen LogP contribution in [0.5, 0.6) is 0 Å². The van der Waals surface area contributed by atoms with Crippen molar-refractivity contribution < 1.29 is 0 Å². The normalized spacial score (nSPS) is 14.1. The highest BCUT2D eigenvalue weighted by Gasteiger charge is 2.39. The van der Waals surface area contributed by atoms with E-state index in [0.29, 0.717) is 0 Å². The molecule has 0 fully saturated rings. The Balaban J connectivity index is 1.55. The van der Waals surface area contributed by atoms with E-state index in [9.17, 15) is 0 Å². The zero-order valence-corrected chi connectivity index (χ0v) is 20.4. The van der Waals surface area contributed by atoms with Crippen LogP contribution in [-0.4, -0.2) is 4.57 Å². The number of benzene rings is 6. The second kappa shape index (κ2) is 6.86. The largest absolute Gasteiger partial charge is 0.309 e. The van der Waals surface area contributed by atoms with E-state index < -0.39 is 0 Å². The lowest BCUT2D eigenvalue weighted by molar-refractivity contribution is 0.672. The average Bonchev–Trinajstić information content (AvgIpc) is 3.37. The summed E-state index contributed by atoms with van der Waals surface area (Å²) >= 11 is 0. The average molecular weight is 460 g/mol. The van der Waals surface area contributed by atoms with Gasteiger partial charge in [-0.1, -0.05) is 111 Å². The van der Waals surface area contributed by atoms with Crippen LogP contribution in [0, 0.1) is 0 Å². The molecule has 36 heavy (non-hydrogen) atoms. The minimum Gasteiger partial charge on any atom is -0.309 e. The number of para-hydroxylation sites is 1. The van der Waals surface area contributed by atoms with Gasteiger partial charge in [-0.2, -0.15) is 0 Å². The summed E-state index contributed by atoms with van der Waals surface area (Å²) in [6, 6.07) is 42.4. The van der Waals surface area contributed by atoms with Crippen molar-refractivity contribution in [2.24, 2.45) is 0 Å². The molecular weight excluding hydrogens is 434 g/mol. The van der Waals surface area contributed by atoms with Crippen molar-refractivity contribution in [3.8, 4) is 16.8 Å². The number of aromatic nitrogens is 1. The first-order chi connectivity index (χ1) is 17.6. The molecule has 7 aromatic rings. The molecule has 0 N–H and O–H groups in total. The molecule has 0 atom stereocenters. The van der Waals surface area contributed by atoms with Crippen LogP contribution in [-0.2, 0) is 5.41 Å². The molecule has 0 spiro atoms. The van der Waals surface area contributed by atoms with Gasteiger partial charge in [0.2, 0.25) is 0 Å². The standard InChI is InChI=1S/C35H25N/c1-35(2)33-25-14-6-4-11-23(25)18-19-26(33)27-20-21-31-32(34(27)35)28-15-7-8-16-30(28)36(31)29-17-9-12-22-10-3-5-13-24(22)29/h3-21H,1-2H3. The first-order valence-electron chi connectivity index (χ1n) is 12.7. The first-order valence-corrected chi connectivity index (χ1v) is 12.7. The summed E-state index contributed by atoms with van der Waals surface area (Å²) in [5.41, 5.74) is 9.29. The molecule has 1 heterocycles. The van der Waals surface area contributed by atoms with Gasteiger partial charge in [0.05, 0.1) is 16.7 Å². The summed E-state index contributed by atoms with van der Waals surface area (Å²) in [4.78, 5) is 0. The fourth-order valence-corrected chi connectivity index (χ4v) is 6.89. The lowest BCUT2D eigenvalue weighted by Crippen LogP contribution is -2.16. The van der Waals surface area contributed by atoms with Gasteiger partial charge in [0.15, 0.2) is 0 Å². The molecule has 0 saturated carbocycles. The highest BCUT2D eigenvalue weighted by molar-refractivity contribution is 6.16. The van der Waals surface area contributed by atoms with Gasteiger partial charge in [-0.05, 0) is 56.6 Å². The third kappa shape index (κ3) is 2.40. The molecule has 170 valence electrons. The monoisotopic (exact) mass is 459 g/mol. The predicted molar refractivity (Wildman–Crippen MR) is 153 cm³/mol. The quantitative estimate of drug-likeness (QED) is 0.230. The fraction of sp³-hybridized carbons (Fsp3) is 0.0857. The van der Waals surface area contributed by atoms with Crippen molar-refractivity contribution in [2.75, 3.05) is 0 Å². The van der Waals surface area contributed by atoms with Crippen molar-refractivity contribution in [2.45, 2.75) is 19.3 Å². The van der Waals surface area contributed by atoms with Crippen molar-refractivity contribution >= 4 is 43.4 Å². The number of rotatable bonds is 1. The second-order valence-corrected chi connectivity index (χ2v) is 10.6. The smallest absolute Gasteiger partial charge is 0.0544 e. The van der Waals surface area contributed by atoms with Crippen LogP contribution in [0.4, 0.5) is 0 Å². The molecule has 0 radical (unpaired) electrons. The Morgan fingerprint density at radius 2 is 1.08 bits per heavy atom. The van der Waals surface area contributed by atoms with Gasteiger partial charge in [0, 0.05) is 21.6 Å². The maximum Gasteiger partial charge on any atom is 0.0544 e. The zero-order chi connectivity index (χ0) is 24.0. The van der Waals surface area contributed by atoms with E-state index in [1.165, 1.54) is 71.3 Å². The summed E-state index contributed by atoms with van der Waals surface area (Å²) in [5, 5.41) is 7.91. The number of hydrogen-bond acceptors (Lipinski definition) is 0. The van der Waals surface area contributed by atoms with Crippen LogP contribution >= 0.6 is 0 Å². The minimum absolute atomic E-state index is 0.112. The Hall–Kier alpha value is -4.36. The third-order valence-electron chi connectivity index (χ3n) is 8.32. The highest BCUT2D eigenvalue weighted by atomic mass is 15.0. The number of fused-ring (bicyclic) bond motifs is 10. The van der Waals surface area contributed by atoms with Gasteiger partial charge in [-0.3, -0.25) is 0 Å². The highest BCUT2D eigenvalue weighted by Crippen LogP contribution is 2.55. The summed E-state index contributed by atoms with van der Waals surface area (Å²) in [7, 11) is 0.